The first-order valence-corrected chi connectivity index (χ1v) is 13.9. The average Bonchev–Trinajstić information content (AvgIpc) is 3.10. The number of carbonyl (C=O) groups is 3. The number of anilines is 1. The number of amides is 2. The lowest BCUT2D eigenvalue weighted by Gasteiger charge is -2.68. The molecule has 2 amide bonds. The summed E-state index contributed by atoms with van der Waals surface area (Å²) in [6.07, 6.45) is 7.58. The molecule has 0 aromatic heterocycles. The third kappa shape index (κ3) is 2.80. The third-order valence-corrected chi connectivity index (χ3v) is 11.4. The molecule has 1 spiro atoms. The molecule has 1 heterocycles. The molecular formula is C31H39NO4. The van der Waals surface area contributed by atoms with Crippen molar-refractivity contribution in [2.45, 2.75) is 73.1 Å². The average molecular weight is 490 g/mol. The van der Waals surface area contributed by atoms with Gasteiger partial charge < -0.3 is 5.11 Å². The van der Waals surface area contributed by atoms with Crippen LogP contribution in [0.4, 0.5) is 5.69 Å². The van der Waals surface area contributed by atoms with Crippen molar-refractivity contribution in [3.8, 4) is 0 Å². The van der Waals surface area contributed by atoms with Crippen LogP contribution in [0.15, 0.2) is 35.9 Å². The van der Waals surface area contributed by atoms with E-state index in [1.165, 1.54) is 10.5 Å². The van der Waals surface area contributed by atoms with E-state index in [1.807, 2.05) is 38.1 Å². The Morgan fingerprint density at radius 3 is 2.50 bits per heavy atom. The van der Waals surface area contributed by atoms with E-state index in [0.29, 0.717) is 11.6 Å². The van der Waals surface area contributed by atoms with E-state index in [4.69, 9.17) is 0 Å². The van der Waals surface area contributed by atoms with Gasteiger partial charge in [0.25, 0.3) is 0 Å². The zero-order chi connectivity index (χ0) is 25.8. The van der Waals surface area contributed by atoms with Crippen LogP contribution in [-0.2, 0) is 14.4 Å². The normalized spacial score (nSPS) is 43.2. The summed E-state index contributed by atoms with van der Waals surface area (Å²) in [5, 5.41) is 10.3. The first kappa shape index (κ1) is 23.9. The van der Waals surface area contributed by atoms with Crippen molar-refractivity contribution >= 4 is 23.5 Å². The Labute approximate surface area is 214 Å². The van der Waals surface area contributed by atoms with Crippen molar-refractivity contribution in [2.24, 2.45) is 51.8 Å². The van der Waals surface area contributed by atoms with Gasteiger partial charge in [0.15, 0.2) is 0 Å². The summed E-state index contributed by atoms with van der Waals surface area (Å²) in [6.45, 7) is 10.7. The highest BCUT2D eigenvalue weighted by atomic mass is 16.4. The molecule has 0 unspecified atom stereocenters. The second-order valence-corrected chi connectivity index (χ2v) is 13.3. The Hall–Kier alpha value is -2.43. The fourth-order valence-electron chi connectivity index (χ4n) is 9.98. The van der Waals surface area contributed by atoms with E-state index in [1.54, 1.807) is 0 Å². The molecule has 6 aliphatic rings. The summed E-state index contributed by atoms with van der Waals surface area (Å²) in [6, 6.07) is 7.73. The SMILES string of the molecule is Cc1cccc(N2C(=O)[C@H]3[C@@H](C2=O)[C@]24C=C(C(C)C)[C@@H]3C[C@@H]2[C@]2(C)CCC[C@@](C)(C(=O)O)[C@@H]2CC4)c1. The predicted octanol–water partition coefficient (Wildman–Crippen LogP) is 6.01. The summed E-state index contributed by atoms with van der Waals surface area (Å²) in [7, 11) is 0. The van der Waals surface area contributed by atoms with Crippen LogP contribution in [0.5, 0.6) is 0 Å². The minimum atomic E-state index is -0.724. The number of aliphatic carboxylic acids is 1. The van der Waals surface area contributed by atoms with Crippen LogP contribution in [0.1, 0.15) is 71.8 Å². The Balaban J connectivity index is 1.50. The number of allylic oxidation sites excluding steroid dienone is 2. The van der Waals surface area contributed by atoms with E-state index in [0.717, 1.165) is 44.1 Å². The summed E-state index contributed by atoms with van der Waals surface area (Å²) < 4.78 is 0. The van der Waals surface area contributed by atoms with Crippen LogP contribution in [0.25, 0.3) is 0 Å². The lowest BCUT2D eigenvalue weighted by Crippen LogP contribution is -2.65. The number of carbonyl (C=O) groups excluding carboxylic acids is 2. The van der Waals surface area contributed by atoms with Gasteiger partial charge in [-0.3, -0.25) is 14.4 Å². The molecule has 1 aromatic rings. The predicted molar refractivity (Wildman–Crippen MR) is 138 cm³/mol. The van der Waals surface area contributed by atoms with E-state index in [2.05, 4.69) is 26.8 Å². The van der Waals surface area contributed by atoms with Gasteiger partial charge in [-0.2, -0.15) is 0 Å². The molecule has 4 fully saturated rings. The zero-order valence-electron chi connectivity index (χ0n) is 22.2. The number of hydrogen-bond acceptors (Lipinski definition) is 3. The number of aryl methyl sites for hydroxylation is 1. The van der Waals surface area contributed by atoms with Crippen molar-refractivity contribution in [3.63, 3.8) is 0 Å². The summed E-state index contributed by atoms with van der Waals surface area (Å²) in [5.41, 5.74) is 1.83. The topological polar surface area (TPSA) is 74.7 Å². The molecule has 1 saturated heterocycles. The smallest absolute Gasteiger partial charge is 0.309 e. The Morgan fingerprint density at radius 1 is 1.08 bits per heavy atom. The Kier molecular flexibility index (Phi) is 5.02. The Morgan fingerprint density at radius 2 is 1.83 bits per heavy atom. The van der Waals surface area contributed by atoms with Gasteiger partial charge in [0.05, 0.1) is 22.9 Å². The number of imide groups is 1. The molecule has 2 bridgehead atoms. The number of benzene rings is 1. The minimum absolute atomic E-state index is 0.0315. The molecule has 192 valence electrons. The standard InChI is InChI=1S/C31H39NO4/c1-17(2)21-16-31-13-10-22-29(4,11-7-12-30(22,5)28(35)36)23(31)15-20(21)24-25(31)27(34)32(26(24)33)19-9-6-8-18(3)14-19/h6,8-9,14,16-17,20,22-25H,7,10-13,15H2,1-5H3,(H,35,36)/t20-,22+,23+,24+,25-,29+,30+,31+/m0/s1. The van der Waals surface area contributed by atoms with Crippen LogP contribution in [0.3, 0.4) is 0 Å². The molecule has 8 atom stereocenters. The van der Waals surface area contributed by atoms with Gasteiger partial charge in [0.2, 0.25) is 11.8 Å². The van der Waals surface area contributed by atoms with Crippen molar-refractivity contribution in [3.05, 3.63) is 41.5 Å². The maximum absolute atomic E-state index is 14.3. The number of carboxylic acid groups (broad SMARTS) is 1. The van der Waals surface area contributed by atoms with Gasteiger partial charge in [0.1, 0.15) is 0 Å². The quantitative estimate of drug-likeness (QED) is 0.417. The van der Waals surface area contributed by atoms with E-state index < -0.39 is 11.4 Å². The summed E-state index contributed by atoms with van der Waals surface area (Å²) >= 11 is 0. The van der Waals surface area contributed by atoms with Crippen molar-refractivity contribution in [1.82, 2.24) is 0 Å². The first-order chi connectivity index (χ1) is 17.0. The monoisotopic (exact) mass is 489 g/mol. The van der Waals surface area contributed by atoms with Gasteiger partial charge in [-0.25, -0.2) is 4.90 Å². The van der Waals surface area contributed by atoms with Gasteiger partial charge in [-0.05, 0) is 92.7 Å². The fourth-order valence-corrected chi connectivity index (χ4v) is 9.98. The molecule has 36 heavy (non-hydrogen) atoms. The summed E-state index contributed by atoms with van der Waals surface area (Å²) in [5.74, 6) is -0.679. The van der Waals surface area contributed by atoms with Crippen LogP contribution < -0.4 is 4.90 Å². The van der Waals surface area contributed by atoms with Gasteiger partial charge in [-0.1, -0.05) is 51.0 Å². The van der Waals surface area contributed by atoms with Gasteiger partial charge in [-0.15, -0.1) is 0 Å². The molecule has 7 rings (SSSR count). The van der Waals surface area contributed by atoms with Crippen LogP contribution >= 0.6 is 0 Å². The maximum atomic E-state index is 14.3. The van der Waals surface area contributed by atoms with Crippen molar-refractivity contribution in [2.75, 3.05) is 4.90 Å². The number of carboxylic acids is 1. The number of fused-ring (bicyclic) bond motifs is 1. The number of rotatable bonds is 3. The van der Waals surface area contributed by atoms with Gasteiger partial charge in [0, 0.05) is 5.41 Å². The number of hydrogen-bond donors (Lipinski definition) is 1. The molecule has 5 aliphatic carbocycles. The minimum Gasteiger partial charge on any atom is -0.481 e. The van der Waals surface area contributed by atoms with Crippen LogP contribution in [0.2, 0.25) is 0 Å². The van der Waals surface area contributed by atoms with E-state index in [9.17, 15) is 19.5 Å². The summed E-state index contributed by atoms with van der Waals surface area (Å²) in [4.78, 5) is 42.3. The first-order valence-electron chi connectivity index (χ1n) is 13.9. The second kappa shape index (κ2) is 7.55. The molecule has 1 aliphatic heterocycles. The Bertz CT molecular complexity index is 1200. The highest BCUT2D eigenvalue weighted by Crippen LogP contribution is 2.74. The molecule has 5 heteroatoms. The highest BCUT2D eigenvalue weighted by molar-refractivity contribution is 6.23. The van der Waals surface area contributed by atoms with Gasteiger partial charge >= 0.3 is 5.97 Å². The lowest BCUT2D eigenvalue weighted by molar-refractivity contribution is -0.194. The maximum Gasteiger partial charge on any atom is 0.309 e. The van der Waals surface area contributed by atoms with Crippen LogP contribution in [0, 0.1) is 58.7 Å². The van der Waals surface area contributed by atoms with E-state index in [-0.39, 0.29) is 52.2 Å². The second-order valence-electron chi connectivity index (χ2n) is 13.3. The fraction of sp³-hybridized carbons (Fsp3) is 0.645. The lowest BCUT2D eigenvalue weighted by atomic mass is 9.34. The third-order valence-electron chi connectivity index (χ3n) is 11.4. The van der Waals surface area contributed by atoms with E-state index >= 15 is 0 Å². The van der Waals surface area contributed by atoms with Crippen LogP contribution in [-0.4, -0.2) is 22.9 Å². The largest absolute Gasteiger partial charge is 0.481 e. The molecular weight excluding hydrogens is 450 g/mol. The molecule has 3 saturated carbocycles. The molecule has 5 nitrogen and oxygen atoms in total. The van der Waals surface area contributed by atoms with Crippen molar-refractivity contribution in [1.29, 1.82) is 0 Å². The highest BCUT2D eigenvalue weighted by Gasteiger charge is 2.73. The number of nitrogens with zero attached hydrogens (tertiary/aromatic N) is 1. The molecule has 0 radical (unpaired) electrons. The molecule has 1 aromatic carbocycles. The zero-order valence-corrected chi connectivity index (χ0v) is 22.2. The molecule has 1 N–H and O–H groups in total. The van der Waals surface area contributed by atoms with Crippen molar-refractivity contribution < 1.29 is 19.5 Å².